The number of hydrogen-bond acceptors (Lipinski definition) is 4. The Hall–Kier alpha value is -2.63. The van der Waals surface area contributed by atoms with Gasteiger partial charge in [0.15, 0.2) is 11.5 Å². The van der Waals surface area contributed by atoms with Crippen LogP contribution in [0.15, 0.2) is 40.9 Å². The van der Waals surface area contributed by atoms with Crippen molar-refractivity contribution >= 4 is 11.8 Å². The summed E-state index contributed by atoms with van der Waals surface area (Å²) in [7, 11) is 0. The number of hydrogen-bond donors (Lipinski definition) is 1. The van der Waals surface area contributed by atoms with Crippen LogP contribution < -0.4 is 5.32 Å². The van der Waals surface area contributed by atoms with E-state index in [9.17, 15) is 9.59 Å². The van der Waals surface area contributed by atoms with Crippen LogP contribution in [0.25, 0.3) is 11.5 Å². The Morgan fingerprint density at radius 2 is 2.19 bits per heavy atom. The summed E-state index contributed by atoms with van der Waals surface area (Å²) in [6, 6.07) is 9.10. The summed E-state index contributed by atoms with van der Waals surface area (Å²) in [4.78, 5) is 30.8. The van der Waals surface area contributed by atoms with Gasteiger partial charge in [-0.1, -0.05) is 12.5 Å². The lowest BCUT2D eigenvalue weighted by Gasteiger charge is -2.38. The third-order valence-electron chi connectivity index (χ3n) is 5.78. The van der Waals surface area contributed by atoms with E-state index in [0.29, 0.717) is 36.2 Å². The SMILES string of the molecule is CC(=O)NCC12CCCC1CCN2C(=O)c1ccc(-c2ccccn2)o1. The third-order valence-corrected chi connectivity index (χ3v) is 5.78. The molecule has 1 aliphatic carbocycles. The van der Waals surface area contributed by atoms with Gasteiger partial charge in [-0.2, -0.15) is 0 Å². The zero-order chi connectivity index (χ0) is 18.1. The minimum atomic E-state index is -0.277. The Bertz CT molecular complexity index is 817. The Morgan fingerprint density at radius 1 is 1.31 bits per heavy atom. The van der Waals surface area contributed by atoms with Crippen molar-refractivity contribution in [1.82, 2.24) is 15.2 Å². The van der Waals surface area contributed by atoms with Gasteiger partial charge in [0.2, 0.25) is 5.91 Å². The Morgan fingerprint density at radius 3 is 2.96 bits per heavy atom. The number of pyridine rings is 1. The second-order valence-corrected chi connectivity index (χ2v) is 7.23. The molecule has 26 heavy (non-hydrogen) atoms. The van der Waals surface area contributed by atoms with Gasteiger partial charge in [0.25, 0.3) is 5.91 Å². The summed E-state index contributed by atoms with van der Waals surface area (Å²) in [6.45, 7) is 2.75. The van der Waals surface area contributed by atoms with Crippen molar-refractivity contribution in [2.24, 2.45) is 5.92 Å². The molecule has 2 fully saturated rings. The van der Waals surface area contributed by atoms with Crippen molar-refractivity contribution in [2.75, 3.05) is 13.1 Å². The maximum atomic E-state index is 13.2. The summed E-state index contributed by atoms with van der Waals surface area (Å²) in [5.74, 6) is 1.22. The fourth-order valence-corrected chi connectivity index (χ4v) is 4.54. The predicted molar refractivity (Wildman–Crippen MR) is 96.3 cm³/mol. The molecule has 2 aliphatic rings. The molecular formula is C20H23N3O3. The van der Waals surface area contributed by atoms with Crippen LogP contribution in [-0.2, 0) is 4.79 Å². The second kappa shape index (κ2) is 6.59. The molecule has 6 nitrogen and oxygen atoms in total. The molecule has 1 saturated heterocycles. The van der Waals surface area contributed by atoms with Crippen LogP contribution in [0, 0.1) is 5.92 Å². The lowest BCUT2D eigenvalue weighted by atomic mass is 9.87. The molecule has 2 unspecified atom stereocenters. The smallest absolute Gasteiger partial charge is 0.290 e. The third kappa shape index (κ3) is 2.79. The number of carbonyl (C=O) groups excluding carboxylic acids is 2. The fourth-order valence-electron chi connectivity index (χ4n) is 4.54. The van der Waals surface area contributed by atoms with E-state index in [0.717, 1.165) is 25.7 Å². The first-order valence-electron chi connectivity index (χ1n) is 9.18. The lowest BCUT2D eigenvalue weighted by Crippen LogP contribution is -2.55. The first-order chi connectivity index (χ1) is 12.6. The number of rotatable bonds is 4. The van der Waals surface area contributed by atoms with Gasteiger partial charge < -0.3 is 14.6 Å². The van der Waals surface area contributed by atoms with Crippen molar-refractivity contribution in [1.29, 1.82) is 0 Å². The van der Waals surface area contributed by atoms with E-state index < -0.39 is 0 Å². The van der Waals surface area contributed by atoms with Gasteiger partial charge in [0.05, 0.1) is 5.54 Å². The van der Waals surface area contributed by atoms with Crippen molar-refractivity contribution in [3.05, 3.63) is 42.3 Å². The average molecular weight is 353 g/mol. The lowest BCUT2D eigenvalue weighted by molar-refractivity contribution is -0.119. The van der Waals surface area contributed by atoms with Gasteiger partial charge in [-0.25, -0.2) is 0 Å². The fraction of sp³-hybridized carbons (Fsp3) is 0.450. The highest BCUT2D eigenvalue weighted by Gasteiger charge is 2.53. The number of furan rings is 1. The highest BCUT2D eigenvalue weighted by molar-refractivity contribution is 5.93. The van der Waals surface area contributed by atoms with Crippen molar-refractivity contribution < 1.29 is 14.0 Å². The number of nitrogens with one attached hydrogen (secondary N) is 1. The Balaban J connectivity index is 1.59. The van der Waals surface area contributed by atoms with E-state index in [4.69, 9.17) is 4.42 Å². The summed E-state index contributed by atoms with van der Waals surface area (Å²) < 4.78 is 5.82. The van der Waals surface area contributed by atoms with Crippen LogP contribution in [0.1, 0.15) is 43.2 Å². The van der Waals surface area contributed by atoms with Crippen LogP contribution in [0.4, 0.5) is 0 Å². The van der Waals surface area contributed by atoms with Crippen LogP contribution in [0.3, 0.4) is 0 Å². The molecule has 0 aromatic carbocycles. The van der Waals surface area contributed by atoms with Crippen LogP contribution in [0.5, 0.6) is 0 Å². The monoisotopic (exact) mass is 353 g/mol. The summed E-state index contributed by atoms with van der Waals surface area (Å²) in [6.07, 6.45) is 5.81. The standard InChI is InChI=1S/C20H23N3O3/c1-14(24)22-13-20-10-4-5-15(20)9-12-23(20)19(25)18-8-7-17(26-18)16-6-2-3-11-21-16/h2-3,6-8,11,15H,4-5,9-10,12-13H2,1H3,(H,22,24). The molecule has 136 valence electrons. The maximum Gasteiger partial charge on any atom is 0.290 e. The van der Waals surface area contributed by atoms with Gasteiger partial charge in [-0.05, 0) is 49.4 Å². The highest BCUT2D eigenvalue weighted by atomic mass is 16.4. The molecule has 4 rings (SSSR count). The number of fused-ring (bicyclic) bond motifs is 1. The van der Waals surface area contributed by atoms with Gasteiger partial charge in [-0.3, -0.25) is 14.6 Å². The molecule has 3 heterocycles. The molecule has 2 aromatic heterocycles. The normalized spacial score (nSPS) is 24.5. The predicted octanol–water partition coefficient (Wildman–Crippen LogP) is 2.86. The van der Waals surface area contributed by atoms with Crippen LogP contribution in [0.2, 0.25) is 0 Å². The van der Waals surface area contributed by atoms with E-state index in [1.807, 2.05) is 23.1 Å². The molecule has 1 saturated carbocycles. The Kier molecular flexibility index (Phi) is 4.26. The van der Waals surface area contributed by atoms with Crippen LogP contribution in [-0.4, -0.2) is 40.3 Å². The second-order valence-electron chi connectivity index (χ2n) is 7.23. The number of aromatic nitrogens is 1. The highest BCUT2D eigenvalue weighted by Crippen LogP contribution is 2.47. The molecule has 1 N–H and O–H groups in total. The molecule has 0 radical (unpaired) electrons. The van der Waals surface area contributed by atoms with E-state index in [-0.39, 0.29) is 17.4 Å². The first-order valence-corrected chi connectivity index (χ1v) is 9.18. The topological polar surface area (TPSA) is 75.4 Å². The molecule has 0 bridgehead atoms. The maximum absolute atomic E-state index is 13.2. The number of likely N-dealkylation sites (tertiary alicyclic amines) is 1. The largest absolute Gasteiger partial charge is 0.449 e. The minimum absolute atomic E-state index is 0.0558. The molecule has 2 amide bonds. The molecule has 1 aliphatic heterocycles. The van der Waals surface area contributed by atoms with Crippen molar-refractivity contribution in [2.45, 2.75) is 38.1 Å². The van der Waals surface area contributed by atoms with Crippen molar-refractivity contribution in [3.8, 4) is 11.5 Å². The molecule has 2 aromatic rings. The van der Waals surface area contributed by atoms with Gasteiger partial charge in [0.1, 0.15) is 5.69 Å². The summed E-state index contributed by atoms with van der Waals surface area (Å²) in [5.41, 5.74) is 0.431. The van der Waals surface area contributed by atoms with E-state index >= 15 is 0 Å². The van der Waals surface area contributed by atoms with E-state index in [2.05, 4.69) is 10.3 Å². The molecule has 0 spiro atoms. The van der Waals surface area contributed by atoms with Gasteiger partial charge in [-0.15, -0.1) is 0 Å². The zero-order valence-electron chi connectivity index (χ0n) is 14.9. The van der Waals surface area contributed by atoms with E-state index in [1.54, 1.807) is 18.3 Å². The van der Waals surface area contributed by atoms with Crippen LogP contribution >= 0.6 is 0 Å². The summed E-state index contributed by atoms with van der Waals surface area (Å²) in [5, 5.41) is 2.94. The molecular weight excluding hydrogens is 330 g/mol. The summed E-state index contributed by atoms with van der Waals surface area (Å²) >= 11 is 0. The Labute approximate surface area is 152 Å². The average Bonchev–Trinajstić information content (AvgIpc) is 3.35. The van der Waals surface area contributed by atoms with Gasteiger partial charge in [0, 0.05) is 26.2 Å². The zero-order valence-corrected chi connectivity index (χ0v) is 14.9. The molecule has 2 atom stereocenters. The quantitative estimate of drug-likeness (QED) is 0.917. The first kappa shape index (κ1) is 16.8. The number of carbonyl (C=O) groups is 2. The molecule has 6 heteroatoms. The van der Waals surface area contributed by atoms with E-state index in [1.165, 1.54) is 6.92 Å². The van der Waals surface area contributed by atoms with Gasteiger partial charge >= 0.3 is 0 Å². The van der Waals surface area contributed by atoms with Crippen molar-refractivity contribution in [3.63, 3.8) is 0 Å². The minimum Gasteiger partial charge on any atom is -0.449 e. The number of nitrogens with zero attached hydrogens (tertiary/aromatic N) is 2. The number of amides is 2.